The second-order valence-electron chi connectivity index (χ2n) is 4.14. The Morgan fingerprint density at radius 3 is 2.14 bits per heavy atom. The van der Waals surface area contributed by atoms with Crippen molar-refractivity contribution < 1.29 is 13.2 Å². The highest BCUT2D eigenvalue weighted by molar-refractivity contribution is 7.92. The van der Waals surface area contributed by atoms with Crippen LogP contribution in [0.15, 0.2) is 41.6 Å². The fourth-order valence-corrected chi connectivity index (χ4v) is 2.45. The van der Waals surface area contributed by atoms with Gasteiger partial charge in [-0.25, -0.2) is 18.4 Å². The molecule has 0 fully saturated rings. The lowest BCUT2D eigenvalue weighted by Crippen LogP contribution is -2.14. The number of nitrogens with one attached hydrogen (secondary N) is 2. The van der Waals surface area contributed by atoms with Crippen molar-refractivity contribution in [3.63, 3.8) is 0 Å². The maximum absolute atomic E-state index is 12.1. The summed E-state index contributed by atoms with van der Waals surface area (Å²) < 4.78 is 26.5. The molecule has 1 aromatic carbocycles. The molecule has 0 saturated heterocycles. The minimum atomic E-state index is -3.78. The van der Waals surface area contributed by atoms with Gasteiger partial charge < -0.3 is 11.1 Å². The molecule has 1 heterocycles. The normalized spacial score (nSPS) is 10.9. The summed E-state index contributed by atoms with van der Waals surface area (Å²) in [6, 6.07) is 6.22. The van der Waals surface area contributed by atoms with Crippen LogP contribution in [0.2, 0.25) is 0 Å². The molecule has 0 aliphatic rings. The first kappa shape index (κ1) is 14.7. The number of hydrogen-bond acceptors (Lipinski definition) is 6. The SMILES string of the molecule is CC(=O)Nc1ccc(NS(=O)(=O)c2cnc(N)nc2)cc1. The summed E-state index contributed by atoms with van der Waals surface area (Å²) in [5.74, 6) is -0.212. The van der Waals surface area contributed by atoms with Crippen LogP contribution in [-0.2, 0) is 14.8 Å². The molecule has 21 heavy (non-hydrogen) atoms. The number of nitrogens with zero attached hydrogens (tertiary/aromatic N) is 2. The molecule has 1 aromatic heterocycles. The van der Waals surface area contributed by atoms with Crippen LogP contribution in [0, 0.1) is 0 Å². The number of rotatable bonds is 4. The zero-order chi connectivity index (χ0) is 15.5. The van der Waals surface area contributed by atoms with Gasteiger partial charge in [-0.2, -0.15) is 0 Å². The molecule has 0 unspecified atom stereocenters. The van der Waals surface area contributed by atoms with E-state index in [1.54, 1.807) is 12.1 Å². The van der Waals surface area contributed by atoms with Crippen molar-refractivity contribution in [3.8, 4) is 0 Å². The van der Waals surface area contributed by atoms with Crippen LogP contribution < -0.4 is 15.8 Å². The summed E-state index contributed by atoms with van der Waals surface area (Å²) in [6.07, 6.45) is 2.24. The highest BCUT2D eigenvalue weighted by atomic mass is 32.2. The van der Waals surface area contributed by atoms with E-state index >= 15 is 0 Å². The van der Waals surface area contributed by atoms with Crippen LogP contribution in [0.4, 0.5) is 17.3 Å². The molecular formula is C12H13N5O3S. The second kappa shape index (κ2) is 5.75. The summed E-state index contributed by atoms with van der Waals surface area (Å²) in [7, 11) is -3.78. The van der Waals surface area contributed by atoms with Crippen molar-refractivity contribution in [3.05, 3.63) is 36.7 Å². The first-order valence-electron chi connectivity index (χ1n) is 5.85. The van der Waals surface area contributed by atoms with Crippen molar-refractivity contribution in [1.82, 2.24) is 9.97 Å². The van der Waals surface area contributed by atoms with E-state index in [1.165, 1.54) is 19.1 Å². The van der Waals surface area contributed by atoms with Crippen LogP contribution in [-0.4, -0.2) is 24.3 Å². The molecule has 0 saturated carbocycles. The van der Waals surface area contributed by atoms with E-state index in [1.807, 2.05) is 0 Å². The van der Waals surface area contributed by atoms with E-state index in [0.717, 1.165) is 12.4 Å². The van der Waals surface area contributed by atoms with Gasteiger partial charge in [-0.1, -0.05) is 0 Å². The lowest BCUT2D eigenvalue weighted by atomic mass is 10.3. The van der Waals surface area contributed by atoms with Gasteiger partial charge in [0.1, 0.15) is 4.90 Å². The predicted octanol–water partition coefficient (Wildman–Crippen LogP) is 0.818. The number of anilines is 3. The number of sulfonamides is 1. The van der Waals surface area contributed by atoms with Gasteiger partial charge in [0.2, 0.25) is 11.9 Å². The molecule has 2 aromatic rings. The van der Waals surface area contributed by atoms with Crippen LogP contribution in [0.3, 0.4) is 0 Å². The van der Waals surface area contributed by atoms with Crippen molar-refractivity contribution in [2.75, 3.05) is 15.8 Å². The van der Waals surface area contributed by atoms with Crippen molar-refractivity contribution in [2.45, 2.75) is 11.8 Å². The number of benzene rings is 1. The topological polar surface area (TPSA) is 127 Å². The van der Waals surface area contributed by atoms with Gasteiger partial charge in [-0.3, -0.25) is 9.52 Å². The van der Waals surface area contributed by atoms with Crippen LogP contribution in [0.25, 0.3) is 0 Å². The largest absolute Gasteiger partial charge is 0.368 e. The zero-order valence-electron chi connectivity index (χ0n) is 11.1. The van der Waals surface area contributed by atoms with Crippen LogP contribution >= 0.6 is 0 Å². The number of aromatic nitrogens is 2. The van der Waals surface area contributed by atoms with E-state index < -0.39 is 10.0 Å². The average molecular weight is 307 g/mol. The molecule has 0 spiro atoms. The third-order valence-electron chi connectivity index (χ3n) is 2.42. The minimum Gasteiger partial charge on any atom is -0.368 e. The summed E-state index contributed by atoms with van der Waals surface area (Å²) in [5.41, 5.74) is 6.23. The summed E-state index contributed by atoms with van der Waals surface area (Å²) in [5, 5.41) is 2.58. The molecule has 0 aliphatic carbocycles. The number of amides is 1. The third kappa shape index (κ3) is 3.89. The maximum atomic E-state index is 12.1. The lowest BCUT2D eigenvalue weighted by Gasteiger charge is -2.08. The molecule has 0 bridgehead atoms. The quantitative estimate of drug-likeness (QED) is 0.767. The summed E-state index contributed by atoms with van der Waals surface area (Å²) in [4.78, 5) is 18.1. The molecule has 9 heteroatoms. The van der Waals surface area contributed by atoms with Gasteiger partial charge in [0.05, 0.1) is 12.4 Å². The Balaban J connectivity index is 2.16. The van der Waals surface area contributed by atoms with Gasteiger partial charge in [-0.05, 0) is 24.3 Å². The number of carbonyl (C=O) groups excluding carboxylic acids is 1. The minimum absolute atomic E-state index is 0.00592. The van der Waals surface area contributed by atoms with Crippen LogP contribution in [0.1, 0.15) is 6.92 Å². The maximum Gasteiger partial charge on any atom is 0.264 e. The molecule has 0 radical (unpaired) electrons. The molecule has 1 amide bonds. The number of carbonyl (C=O) groups is 1. The van der Waals surface area contributed by atoms with Crippen LogP contribution in [0.5, 0.6) is 0 Å². The van der Waals surface area contributed by atoms with E-state index in [4.69, 9.17) is 5.73 Å². The number of nitrogens with two attached hydrogens (primary N) is 1. The Morgan fingerprint density at radius 2 is 1.62 bits per heavy atom. The Bertz CT molecular complexity index is 741. The van der Waals surface area contributed by atoms with Crippen molar-refractivity contribution in [2.24, 2.45) is 0 Å². The summed E-state index contributed by atoms with van der Waals surface area (Å²) >= 11 is 0. The Morgan fingerprint density at radius 1 is 1.10 bits per heavy atom. The molecule has 110 valence electrons. The second-order valence-corrected chi connectivity index (χ2v) is 5.82. The predicted molar refractivity (Wildman–Crippen MR) is 78.0 cm³/mol. The fourth-order valence-electron chi connectivity index (χ4n) is 1.50. The van der Waals surface area contributed by atoms with Gasteiger partial charge >= 0.3 is 0 Å². The van der Waals surface area contributed by atoms with E-state index in [2.05, 4.69) is 20.0 Å². The highest BCUT2D eigenvalue weighted by Crippen LogP contribution is 2.17. The van der Waals surface area contributed by atoms with Crippen molar-refractivity contribution >= 4 is 33.3 Å². The Labute approximate surface area is 121 Å². The van der Waals surface area contributed by atoms with Gasteiger partial charge in [0.25, 0.3) is 10.0 Å². The Kier molecular flexibility index (Phi) is 4.03. The van der Waals surface area contributed by atoms with Gasteiger partial charge in [-0.15, -0.1) is 0 Å². The van der Waals surface area contributed by atoms with Gasteiger partial charge in [0.15, 0.2) is 0 Å². The number of hydrogen-bond donors (Lipinski definition) is 3. The molecule has 0 atom stereocenters. The number of nitrogen functional groups attached to an aromatic ring is 1. The molecule has 2 rings (SSSR count). The lowest BCUT2D eigenvalue weighted by molar-refractivity contribution is -0.114. The standard InChI is InChI=1S/C12H13N5O3S/c1-8(18)16-9-2-4-10(5-3-9)17-21(19,20)11-6-14-12(13)15-7-11/h2-7,17H,1H3,(H,16,18)(H2,13,14,15). The zero-order valence-corrected chi connectivity index (χ0v) is 11.9. The molecule has 4 N–H and O–H groups in total. The Hall–Kier alpha value is -2.68. The first-order chi connectivity index (χ1) is 9.87. The summed E-state index contributed by atoms with van der Waals surface area (Å²) in [6.45, 7) is 1.39. The average Bonchev–Trinajstić information content (AvgIpc) is 2.40. The van der Waals surface area contributed by atoms with Gasteiger partial charge in [0, 0.05) is 18.3 Å². The molecule has 0 aliphatic heterocycles. The van der Waals surface area contributed by atoms with E-state index in [-0.39, 0.29) is 16.8 Å². The van der Waals surface area contributed by atoms with E-state index in [0.29, 0.717) is 11.4 Å². The fraction of sp³-hybridized carbons (Fsp3) is 0.0833. The highest BCUT2D eigenvalue weighted by Gasteiger charge is 2.15. The molecule has 8 nitrogen and oxygen atoms in total. The molecular weight excluding hydrogens is 294 g/mol. The van der Waals surface area contributed by atoms with E-state index in [9.17, 15) is 13.2 Å². The monoisotopic (exact) mass is 307 g/mol. The van der Waals surface area contributed by atoms with Crippen molar-refractivity contribution in [1.29, 1.82) is 0 Å². The first-order valence-corrected chi connectivity index (χ1v) is 7.33. The third-order valence-corrected chi connectivity index (χ3v) is 3.75. The smallest absolute Gasteiger partial charge is 0.264 e.